The molecule has 1 aromatic carbocycles. The van der Waals surface area contributed by atoms with Crippen molar-refractivity contribution in [1.29, 1.82) is 0 Å². The lowest BCUT2D eigenvalue weighted by atomic mass is 10.2. The molecule has 0 spiro atoms. The van der Waals surface area contributed by atoms with Gasteiger partial charge in [0.25, 0.3) is 0 Å². The first-order chi connectivity index (χ1) is 11.4. The van der Waals surface area contributed by atoms with Crippen molar-refractivity contribution in [3.05, 3.63) is 58.0 Å². The number of ether oxygens (including phenoxy) is 2. The van der Waals surface area contributed by atoms with Crippen LogP contribution in [0.15, 0.2) is 41.3 Å². The molecule has 0 aliphatic carbocycles. The molecule has 0 radical (unpaired) electrons. The number of pyridine rings is 1. The minimum atomic E-state index is -0.441. The molecule has 1 N–H and O–H groups in total. The lowest BCUT2D eigenvalue weighted by Crippen LogP contribution is -2.22. The molecule has 0 aliphatic rings. The van der Waals surface area contributed by atoms with E-state index < -0.39 is 5.97 Å². The number of rotatable bonds is 5. The number of carbonyl (C=O) groups is 2. The van der Waals surface area contributed by atoms with Gasteiger partial charge in [-0.15, -0.1) is 0 Å². The maximum absolute atomic E-state index is 12.2. The first-order valence-electron chi connectivity index (χ1n) is 7.18. The third-order valence-corrected chi connectivity index (χ3v) is 3.43. The molecule has 1 heterocycles. The summed E-state index contributed by atoms with van der Waals surface area (Å²) in [5.74, 6) is -0.533. The van der Waals surface area contributed by atoms with Gasteiger partial charge in [-0.05, 0) is 31.2 Å². The van der Waals surface area contributed by atoms with Gasteiger partial charge in [-0.3, -0.25) is 9.59 Å². The van der Waals surface area contributed by atoms with Crippen molar-refractivity contribution in [1.82, 2.24) is 4.57 Å². The first-order valence-corrected chi connectivity index (χ1v) is 7.18. The molecular formula is C17H18N2O5. The molecule has 0 aliphatic heterocycles. The van der Waals surface area contributed by atoms with Gasteiger partial charge in [0.2, 0.25) is 11.3 Å². The molecule has 126 valence electrons. The Hall–Kier alpha value is -3.09. The highest BCUT2D eigenvalue weighted by Gasteiger charge is 2.09. The maximum atomic E-state index is 12.2. The van der Waals surface area contributed by atoms with Crippen molar-refractivity contribution in [2.75, 3.05) is 19.5 Å². The van der Waals surface area contributed by atoms with Gasteiger partial charge in [0.15, 0.2) is 5.75 Å². The Morgan fingerprint density at radius 1 is 1.17 bits per heavy atom. The molecule has 1 aromatic heterocycles. The second kappa shape index (κ2) is 7.45. The molecule has 0 bridgehead atoms. The largest absolute Gasteiger partial charge is 0.491 e. The number of anilines is 1. The standard InChI is InChI=1S/C17H18N2O5/c1-11-8-14(20)15(23-2)9-19(11)10-16(21)18-13-6-4-12(5-7-13)17(22)24-3/h4-9H,10H2,1-3H3,(H,18,21). The number of aromatic nitrogens is 1. The van der Waals surface area contributed by atoms with E-state index in [1.165, 1.54) is 26.5 Å². The normalized spacial score (nSPS) is 10.1. The van der Waals surface area contributed by atoms with E-state index in [1.807, 2.05) is 0 Å². The number of hydrogen-bond donors (Lipinski definition) is 1. The fourth-order valence-electron chi connectivity index (χ4n) is 2.14. The van der Waals surface area contributed by atoms with Crippen LogP contribution >= 0.6 is 0 Å². The summed E-state index contributed by atoms with van der Waals surface area (Å²) < 4.78 is 11.2. The average Bonchev–Trinajstić information content (AvgIpc) is 2.57. The molecular weight excluding hydrogens is 312 g/mol. The van der Waals surface area contributed by atoms with Gasteiger partial charge >= 0.3 is 5.97 Å². The molecule has 2 aromatic rings. The predicted octanol–water partition coefficient (Wildman–Crippen LogP) is 1.59. The second-order valence-corrected chi connectivity index (χ2v) is 5.09. The van der Waals surface area contributed by atoms with Gasteiger partial charge in [-0.2, -0.15) is 0 Å². The highest BCUT2D eigenvalue weighted by Crippen LogP contribution is 2.11. The second-order valence-electron chi connectivity index (χ2n) is 5.09. The average molecular weight is 330 g/mol. The Bertz CT molecular complexity index is 809. The van der Waals surface area contributed by atoms with E-state index in [1.54, 1.807) is 35.8 Å². The lowest BCUT2D eigenvalue weighted by molar-refractivity contribution is -0.116. The van der Waals surface area contributed by atoms with Gasteiger partial charge in [-0.25, -0.2) is 4.79 Å². The number of amides is 1. The Labute approximate surface area is 138 Å². The smallest absolute Gasteiger partial charge is 0.337 e. The number of carbonyl (C=O) groups excluding carboxylic acids is 2. The summed E-state index contributed by atoms with van der Waals surface area (Å²) in [5.41, 5.74) is 1.37. The van der Waals surface area contributed by atoms with Gasteiger partial charge < -0.3 is 19.4 Å². The summed E-state index contributed by atoms with van der Waals surface area (Å²) >= 11 is 0. The highest BCUT2D eigenvalue weighted by molar-refractivity contribution is 5.93. The van der Waals surface area contributed by atoms with E-state index in [2.05, 4.69) is 10.1 Å². The third kappa shape index (κ3) is 4.01. The van der Waals surface area contributed by atoms with Crippen molar-refractivity contribution >= 4 is 17.6 Å². The van der Waals surface area contributed by atoms with Crippen LogP contribution in [0.3, 0.4) is 0 Å². The number of nitrogens with zero attached hydrogens (tertiary/aromatic N) is 1. The zero-order chi connectivity index (χ0) is 17.7. The van der Waals surface area contributed by atoms with Crippen molar-refractivity contribution in [2.24, 2.45) is 0 Å². The summed E-state index contributed by atoms with van der Waals surface area (Å²) in [5, 5.41) is 2.72. The summed E-state index contributed by atoms with van der Waals surface area (Å²) in [7, 11) is 2.71. The number of esters is 1. The zero-order valence-corrected chi connectivity index (χ0v) is 13.7. The number of nitrogens with one attached hydrogen (secondary N) is 1. The van der Waals surface area contributed by atoms with Crippen LogP contribution in [0.2, 0.25) is 0 Å². The fourth-order valence-corrected chi connectivity index (χ4v) is 2.14. The number of benzene rings is 1. The van der Waals surface area contributed by atoms with Crippen LogP contribution in [0.4, 0.5) is 5.69 Å². The minimum Gasteiger partial charge on any atom is -0.491 e. The molecule has 2 rings (SSSR count). The summed E-state index contributed by atoms with van der Waals surface area (Å²) in [4.78, 5) is 35.1. The summed E-state index contributed by atoms with van der Waals surface area (Å²) in [6, 6.07) is 7.77. The van der Waals surface area contributed by atoms with Gasteiger partial charge in [-0.1, -0.05) is 0 Å². The van der Waals surface area contributed by atoms with Crippen LogP contribution < -0.4 is 15.5 Å². The Morgan fingerprint density at radius 2 is 1.83 bits per heavy atom. The van der Waals surface area contributed by atoms with Crippen LogP contribution in [0, 0.1) is 6.92 Å². The third-order valence-electron chi connectivity index (χ3n) is 3.43. The molecule has 7 nitrogen and oxygen atoms in total. The van der Waals surface area contributed by atoms with Crippen LogP contribution in [-0.2, 0) is 16.1 Å². The summed E-state index contributed by atoms with van der Waals surface area (Å²) in [6.45, 7) is 1.76. The molecule has 0 fully saturated rings. The predicted molar refractivity (Wildman–Crippen MR) is 88.4 cm³/mol. The molecule has 1 amide bonds. The fraction of sp³-hybridized carbons (Fsp3) is 0.235. The quantitative estimate of drug-likeness (QED) is 0.841. The van der Waals surface area contributed by atoms with E-state index in [0.717, 1.165) is 0 Å². The van der Waals surface area contributed by atoms with Gasteiger partial charge in [0.1, 0.15) is 6.54 Å². The SMILES string of the molecule is COC(=O)c1ccc(NC(=O)Cn2cc(OC)c(=O)cc2C)cc1. The summed E-state index contributed by atoms with van der Waals surface area (Å²) in [6.07, 6.45) is 1.50. The molecule has 0 atom stereocenters. The Kier molecular flexibility index (Phi) is 5.36. The van der Waals surface area contributed by atoms with Crippen molar-refractivity contribution < 1.29 is 19.1 Å². The highest BCUT2D eigenvalue weighted by atomic mass is 16.5. The minimum absolute atomic E-state index is 0.0290. The van der Waals surface area contributed by atoms with Crippen molar-refractivity contribution in [3.8, 4) is 5.75 Å². The van der Waals surface area contributed by atoms with E-state index in [4.69, 9.17) is 4.74 Å². The van der Waals surface area contributed by atoms with E-state index in [9.17, 15) is 14.4 Å². The van der Waals surface area contributed by atoms with Gasteiger partial charge in [0, 0.05) is 17.4 Å². The molecule has 0 unspecified atom stereocenters. The number of hydrogen-bond acceptors (Lipinski definition) is 5. The van der Waals surface area contributed by atoms with Crippen molar-refractivity contribution in [2.45, 2.75) is 13.5 Å². The molecule has 24 heavy (non-hydrogen) atoms. The van der Waals surface area contributed by atoms with Crippen LogP contribution in [0.25, 0.3) is 0 Å². The van der Waals surface area contributed by atoms with Crippen molar-refractivity contribution in [3.63, 3.8) is 0 Å². The van der Waals surface area contributed by atoms with E-state index >= 15 is 0 Å². The van der Waals surface area contributed by atoms with Crippen LogP contribution in [-0.4, -0.2) is 30.7 Å². The van der Waals surface area contributed by atoms with E-state index in [0.29, 0.717) is 16.9 Å². The number of methoxy groups -OCH3 is 2. The van der Waals surface area contributed by atoms with Crippen LogP contribution in [0.1, 0.15) is 16.1 Å². The number of aryl methyl sites for hydroxylation is 1. The molecule has 7 heteroatoms. The maximum Gasteiger partial charge on any atom is 0.337 e. The Morgan fingerprint density at radius 3 is 2.42 bits per heavy atom. The zero-order valence-electron chi connectivity index (χ0n) is 13.7. The van der Waals surface area contributed by atoms with Gasteiger partial charge in [0.05, 0.1) is 26.0 Å². The molecule has 0 saturated heterocycles. The Balaban J connectivity index is 2.08. The lowest BCUT2D eigenvalue weighted by Gasteiger charge is -2.12. The van der Waals surface area contributed by atoms with E-state index in [-0.39, 0.29) is 23.6 Å². The topological polar surface area (TPSA) is 86.6 Å². The molecule has 0 saturated carbocycles. The monoisotopic (exact) mass is 330 g/mol. The van der Waals surface area contributed by atoms with Crippen LogP contribution in [0.5, 0.6) is 5.75 Å². The first kappa shape index (κ1) is 17.3.